The Morgan fingerprint density at radius 2 is 1.71 bits per heavy atom. The van der Waals surface area contributed by atoms with Crippen LogP contribution >= 0.6 is 0 Å². The maximum atomic E-state index is 10.3. The first kappa shape index (κ1) is 19.2. The smallest absolute Gasteiger partial charge is 0.165 e. The van der Waals surface area contributed by atoms with E-state index in [1.165, 1.54) is 5.56 Å². The number of hydrogen-bond acceptors (Lipinski definition) is 6. The maximum Gasteiger partial charge on any atom is 0.165 e. The molecule has 6 heteroatoms. The Balaban J connectivity index is 1.38. The molecule has 0 fully saturated rings. The van der Waals surface area contributed by atoms with Gasteiger partial charge in [-0.1, -0.05) is 42.5 Å². The number of para-hydroxylation sites is 3. The average Bonchev–Trinajstić information content (AvgIpc) is 3.20. The Morgan fingerprint density at radius 1 is 0.935 bits per heavy atom. The lowest BCUT2D eigenvalue weighted by atomic mass is 9.94. The highest BCUT2D eigenvalue weighted by Gasteiger charge is 2.21. The van der Waals surface area contributed by atoms with Crippen molar-refractivity contribution in [3.8, 4) is 17.1 Å². The molecule has 4 aromatic rings. The molecule has 0 saturated carbocycles. The van der Waals surface area contributed by atoms with Crippen molar-refractivity contribution in [2.24, 2.45) is 10.7 Å². The van der Waals surface area contributed by atoms with Crippen LogP contribution in [0.5, 0.6) is 5.75 Å². The lowest BCUT2D eigenvalue weighted by molar-refractivity contribution is 0.477. The second-order valence-electron chi connectivity index (χ2n) is 7.75. The number of fused-ring (bicyclic) bond motifs is 2. The minimum absolute atomic E-state index is 0.0788. The van der Waals surface area contributed by atoms with Crippen LogP contribution in [-0.4, -0.2) is 33.9 Å². The number of aromatic hydroxyl groups is 1. The Kier molecular flexibility index (Phi) is 5.06. The number of nitrogens with one attached hydrogen (secondary N) is 1. The van der Waals surface area contributed by atoms with Crippen molar-refractivity contribution in [2.75, 3.05) is 11.9 Å². The first-order chi connectivity index (χ1) is 15.2. The molecular weight excluding hydrogens is 386 g/mol. The van der Waals surface area contributed by atoms with Crippen LogP contribution in [0.1, 0.15) is 17.9 Å². The summed E-state index contributed by atoms with van der Waals surface area (Å²) in [6.07, 6.45) is 2.78. The fraction of sp³-hybridized carbons (Fsp3) is 0.160. The van der Waals surface area contributed by atoms with Crippen LogP contribution in [0.4, 0.5) is 11.5 Å². The Morgan fingerprint density at radius 3 is 2.61 bits per heavy atom. The third kappa shape index (κ3) is 3.85. The van der Waals surface area contributed by atoms with Gasteiger partial charge in [-0.3, -0.25) is 4.99 Å². The minimum Gasteiger partial charge on any atom is -0.507 e. The summed E-state index contributed by atoms with van der Waals surface area (Å²) in [6.45, 7) is 0.563. The highest BCUT2D eigenvalue weighted by Crippen LogP contribution is 2.34. The molecule has 154 valence electrons. The number of rotatable bonds is 6. The second kappa shape index (κ2) is 8.16. The number of phenolic OH excluding ortho intramolecular Hbond substituents is 1. The lowest BCUT2D eigenvalue weighted by Crippen LogP contribution is -2.31. The Bertz CT molecular complexity index is 1270. The monoisotopic (exact) mass is 409 g/mol. The molecule has 2 atom stereocenters. The van der Waals surface area contributed by atoms with Crippen molar-refractivity contribution in [2.45, 2.75) is 18.4 Å². The van der Waals surface area contributed by atoms with Crippen LogP contribution in [0.2, 0.25) is 0 Å². The zero-order valence-electron chi connectivity index (χ0n) is 16.9. The van der Waals surface area contributed by atoms with Gasteiger partial charge in [-0.15, -0.1) is 0 Å². The summed E-state index contributed by atoms with van der Waals surface area (Å²) in [5.74, 6) is 1.57. The van der Waals surface area contributed by atoms with E-state index in [-0.39, 0.29) is 17.7 Å². The summed E-state index contributed by atoms with van der Waals surface area (Å²) in [6, 6.07) is 23.0. The predicted octanol–water partition coefficient (Wildman–Crippen LogP) is 4.63. The van der Waals surface area contributed by atoms with Gasteiger partial charge in [0.15, 0.2) is 5.82 Å². The number of nitrogens with zero attached hydrogens (tertiary/aromatic N) is 3. The number of hydrogen-bond donors (Lipinski definition) is 3. The standard InChI is InChI=1S/C25H23N5O/c26-17(13-16-14-27-21-10-4-1-7-18(16)21)15-28-24-19-8-2-5-11-22(19)29-25(30-24)20-9-3-6-12-23(20)31/h1-12,14,16-17,31H,13,15,26H2,(H,28,29,30). The van der Waals surface area contributed by atoms with Gasteiger partial charge < -0.3 is 16.2 Å². The largest absolute Gasteiger partial charge is 0.507 e. The van der Waals surface area contributed by atoms with Crippen LogP contribution in [0.3, 0.4) is 0 Å². The minimum atomic E-state index is -0.0788. The van der Waals surface area contributed by atoms with Gasteiger partial charge in [0, 0.05) is 30.1 Å². The number of nitrogens with two attached hydrogens (primary N) is 1. The van der Waals surface area contributed by atoms with Crippen LogP contribution in [-0.2, 0) is 0 Å². The number of benzene rings is 3. The molecule has 0 amide bonds. The zero-order valence-corrected chi connectivity index (χ0v) is 16.9. The third-order valence-electron chi connectivity index (χ3n) is 5.57. The predicted molar refractivity (Wildman–Crippen MR) is 125 cm³/mol. The van der Waals surface area contributed by atoms with Crippen molar-refractivity contribution < 1.29 is 5.11 Å². The van der Waals surface area contributed by atoms with Crippen molar-refractivity contribution in [3.05, 3.63) is 78.4 Å². The van der Waals surface area contributed by atoms with Gasteiger partial charge >= 0.3 is 0 Å². The topological polar surface area (TPSA) is 96.4 Å². The molecule has 6 nitrogen and oxygen atoms in total. The van der Waals surface area contributed by atoms with E-state index in [9.17, 15) is 5.11 Å². The van der Waals surface area contributed by atoms with Gasteiger partial charge in [-0.05, 0) is 42.3 Å². The number of aromatic nitrogens is 2. The highest BCUT2D eigenvalue weighted by molar-refractivity contribution is 5.91. The molecule has 2 heterocycles. The van der Waals surface area contributed by atoms with Gasteiger partial charge in [0.2, 0.25) is 0 Å². The van der Waals surface area contributed by atoms with Crippen molar-refractivity contribution in [1.82, 2.24) is 9.97 Å². The molecule has 0 saturated heterocycles. The van der Waals surface area contributed by atoms with E-state index in [1.54, 1.807) is 12.1 Å². The van der Waals surface area contributed by atoms with Gasteiger partial charge in [0.1, 0.15) is 11.6 Å². The summed E-state index contributed by atoms with van der Waals surface area (Å²) in [7, 11) is 0. The van der Waals surface area contributed by atoms with Crippen LogP contribution in [0, 0.1) is 0 Å². The Labute approximate surface area is 180 Å². The Hall–Kier alpha value is -3.77. The first-order valence-corrected chi connectivity index (χ1v) is 10.4. The molecule has 0 radical (unpaired) electrons. The summed E-state index contributed by atoms with van der Waals surface area (Å²) in [5, 5.41) is 14.6. The van der Waals surface area contributed by atoms with Crippen LogP contribution in [0.15, 0.2) is 77.8 Å². The first-order valence-electron chi connectivity index (χ1n) is 10.4. The number of anilines is 1. The van der Waals surface area contributed by atoms with Gasteiger partial charge in [-0.25, -0.2) is 9.97 Å². The summed E-state index contributed by atoms with van der Waals surface area (Å²) >= 11 is 0. The van der Waals surface area contributed by atoms with E-state index < -0.39 is 0 Å². The van der Waals surface area contributed by atoms with Crippen LogP contribution in [0.25, 0.3) is 22.3 Å². The SMILES string of the molecule is NC(CNc1nc(-c2ccccc2O)nc2ccccc12)CC1C=Nc2ccccc21. The van der Waals surface area contributed by atoms with Gasteiger partial charge in [0.25, 0.3) is 0 Å². The normalized spacial score (nSPS) is 15.7. The van der Waals surface area contributed by atoms with E-state index in [0.717, 1.165) is 23.0 Å². The molecule has 1 aliphatic heterocycles. The molecule has 31 heavy (non-hydrogen) atoms. The zero-order chi connectivity index (χ0) is 21.2. The van der Waals surface area contributed by atoms with Gasteiger partial charge in [-0.2, -0.15) is 0 Å². The van der Waals surface area contributed by atoms with E-state index in [0.29, 0.717) is 23.8 Å². The van der Waals surface area contributed by atoms with E-state index in [1.807, 2.05) is 60.8 Å². The van der Waals surface area contributed by atoms with E-state index in [4.69, 9.17) is 10.7 Å². The molecule has 0 aliphatic carbocycles. The summed E-state index contributed by atoms with van der Waals surface area (Å²) < 4.78 is 0. The van der Waals surface area contributed by atoms with Crippen LogP contribution < -0.4 is 11.1 Å². The number of aliphatic imine (C=N–C) groups is 1. The van der Waals surface area contributed by atoms with E-state index in [2.05, 4.69) is 21.4 Å². The average molecular weight is 409 g/mol. The number of phenols is 1. The summed E-state index contributed by atoms with van der Waals surface area (Å²) in [5.41, 5.74) is 10.1. The lowest BCUT2D eigenvalue weighted by Gasteiger charge is -2.18. The molecular formula is C25H23N5O. The molecule has 0 bridgehead atoms. The molecule has 1 aliphatic rings. The fourth-order valence-corrected chi connectivity index (χ4v) is 3.99. The van der Waals surface area contributed by atoms with Crippen molar-refractivity contribution >= 4 is 28.6 Å². The molecule has 3 aromatic carbocycles. The molecule has 0 spiro atoms. The summed E-state index contributed by atoms with van der Waals surface area (Å²) in [4.78, 5) is 13.9. The second-order valence-corrected chi connectivity index (χ2v) is 7.75. The maximum absolute atomic E-state index is 10.3. The molecule has 4 N–H and O–H groups in total. The molecule has 1 aromatic heterocycles. The quantitative estimate of drug-likeness (QED) is 0.431. The highest BCUT2D eigenvalue weighted by atomic mass is 16.3. The molecule has 5 rings (SSSR count). The van der Waals surface area contributed by atoms with Gasteiger partial charge in [0.05, 0.1) is 16.8 Å². The van der Waals surface area contributed by atoms with Crippen molar-refractivity contribution in [1.29, 1.82) is 0 Å². The van der Waals surface area contributed by atoms with E-state index >= 15 is 0 Å². The van der Waals surface area contributed by atoms with Crippen molar-refractivity contribution in [3.63, 3.8) is 0 Å². The fourth-order valence-electron chi connectivity index (χ4n) is 3.99. The molecule has 2 unspecified atom stereocenters. The third-order valence-corrected chi connectivity index (χ3v) is 5.57.